The van der Waals surface area contributed by atoms with Crippen molar-refractivity contribution in [1.29, 1.82) is 0 Å². The van der Waals surface area contributed by atoms with Crippen LogP contribution in [0.1, 0.15) is 188 Å². The van der Waals surface area contributed by atoms with Gasteiger partial charge >= 0.3 is 11.9 Å². The summed E-state index contributed by atoms with van der Waals surface area (Å²) in [5.41, 5.74) is 0. The van der Waals surface area contributed by atoms with E-state index in [0.29, 0.717) is 12.8 Å². The van der Waals surface area contributed by atoms with Gasteiger partial charge in [-0.3, -0.25) is 9.59 Å². The summed E-state index contributed by atoms with van der Waals surface area (Å²) in [4.78, 5) is 27.2. The number of unbranched alkanes of at least 4 members (excludes halogenated alkanes) is 15. The summed E-state index contributed by atoms with van der Waals surface area (Å²) >= 11 is 0. The van der Waals surface area contributed by atoms with Gasteiger partial charge in [-0.25, -0.2) is 0 Å². The molecular formula is C37H73NO4. The van der Waals surface area contributed by atoms with Gasteiger partial charge in [0.15, 0.2) is 0 Å². The maximum absolute atomic E-state index is 12.5. The molecule has 0 radical (unpaired) electrons. The average Bonchev–Trinajstić information content (AvgIpc) is 2.96. The third kappa shape index (κ3) is 29.0. The zero-order valence-electron chi connectivity index (χ0n) is 29.0. The van der Waals surface area contributed by atoms with Crippen molar-refractivity contribution in [3.05, 3.63) is 0 Å². The van der Waals surface area contributed by atoms with Crippen LogP contribution in [0.5, 0.6) is 0 Å². The fourth-order valence-corrected chi connectivity index (χ4v) is 5.74. The molecule has 5 heteroatoms. The summed E-state index contributed by atoms with van der Waals surface area (Å²) in [5, 5.41) is 0. The lowest BCUT2D eigenvalue weighted by Crippen LogP contribution is -2.25. The number of carbonyl (C=O) groups is 2. The minimum atomic E-state index is -0.310. The van der Waals surface area contributed by atoms with Gasteiger partial charge in [0.2, 0.25) is 0 Å². The minimum Gasteiger partial charge on any atom is -0.462 e. The molecule has 42 heavy (non-hydrogen) atoms. The van der Waals surface area contributed by atoms with Crippen molar-refractivity contribution in [2.45, 2.75) is 194 Å². The zero-order chi connectivity index (χ0) is 31.1. The van der Waals surface area contributed by atoms with E-state index in [1.165, 1.54) is 103 Å². The number of hydrogen-bond acceptors (Lipinski definition) is 5. The van der Waals surface area contributed by atoms with Crippen molar-refractivity contribution < 1.29 is 19.1 Å². The molecule has 0 saturated carbocycles. The van der Waals surface area contributed by atoms with Crippen molar-refractivity contribution in [3.63, 3.8) is 0 Å². The van der Waals surface area contributed by atoms with Crippen LogP contribution in [0.15, 0.2) is 0 Å². The van der Waals surface area contributed by atoms with Gasteiger partial charge in [0.1, 0.15) is 12.7 Å². The highest BCUT2D eigenvalue weighted by molar-refractivity contribution is 5.70. The van der Waals surface area contributed by atoms with Crippen LogP contribution in [-0.2, 0) is 19.1 Å². The Bertz CT molecular complexity index is 584. The second-order valence-electron chi connectivity index (χ2n) is 13.1. The summed E-state index contributed by atoms with van der Waals surface area (Å²) in [5.74, 6) is 0.570. The molecule has 0 spiro atoms. The van der Waals surface area contributed by atoms with Crippen molar-refractivity contribution in [2.75, 3.05) is 27.2 Å². The third-order valence-electron chi connectivity index (χ3n) is 8.52. The van der Waals surface area contributed by atoms with Gasteiger partial charge in [-0.1, -0.05) is 143 Å². The first kappa shape index (κ1) is 40.9. The number of ether oxygens (including phenoxy) is 2. The van der Waals surface area contributed by atoms with E-state index in [2.05, 4.69) is 39.8 Å². The number of rotatable bonds is 32. The van der Waals surface area contributed by atoms with Crippen LogP contribution in [0, 0.1) is 5.92 Å². The monoisotopic (exact) mass is 596 g/mol. The molecule has 0 aliphatic heterocycles. The molecule has 0 saturated heterocycles. The van der Waals surface area contributed by atoms with E-state index in [-0.39, 0.29) is 24.6 Å². The molecular weight excluding hydrogens is 522 g/mol. The fraction of sp³-hybridized carbons (Fsp3) is 0.946. The minimum absolute atomic E-state index is 0.141. The van der Waals surface area contributed by atoms with Crippen LogP contribution in [0.2, 0.25) is 0 Å². The van der Waals surface area contributed by atoms with Gasteiger partial charge in [-0.05, 0) is 58.7 Å². The number of esters is 2. The molecule has 0 aliphatic carbocycles. The molecule has 250 valence electrons. The first-order valence-electron chi connectivity index (χ1n) is 18.4. The summed E-state index contributed by atoms with van der Waals surface area (Å²) < 4.78 is 11.4. The van der Waals surface area contributed by atoms with Crippen LogP contribution in [0.4, 0.5) is 0 Å². The van der Waals surface area contributed by atoms with Crippen molar-refractivity contribution in [1.82, 2.24) is 4.90 Å². The molecule has 0 aromatic rings. The predicted molar refractivity (Wildman–Crippen MR) is 180 cm³/mol. The van der Waals surface area contributed by atoms with Gasteiger partial charge in [0.25, 0.3) is 0 Å². The molecule has 0 aromatic heterocycles. The van der Waals surface area contributed by atoms with E-state index in [4.69, 9.17) is 9.47 Å². The second-order valence-corrected chi connectivity index (χ2v) is 13.1. The number of hydrogen-bond donors (Lipinski definition) is 0. The Kier molecular flexibility index (Phi) is 30.5. The number of nitrogens with zero attached hydrogens (tertiary/aromatic N) is 1. The van der Waals surface area contributed by atoms with Crippen molar-refractivity contribution in [2.24, 2.45) is 5.92 Å². The molecule has 0 amide bonds. The van der Waals surface area contributed by atoms with E-state index in [1.54, 1.807) is 0 Å². The Morgan fingerprint density at radius 2 is 0.952 bits per heavy atom. The van der Waals surface area contributed by atoms with Crippen molar-refractivity contribution in [3.8, 4) is 0 Å². The average molecular weight is 596 g/mol. The largest absolute Gasteiger partial charge is 0.462 e. The standard InChI is InChI=1S/C37H73NO4/c1-6-9-12-13-14-15-16-22-29-35(42-37(40)31-24-18-25-32-38(4)5)33-41-36(39)30-23-17-21-28-34(26-19-10-7-2)27-20-11-8-3/h34-35H,6-33H2,1-5H3. The summed E-state index contributed by atoms with van der Waals surface area (Å²) in [6.45, 7) is 8.06. The van der Waals surface area contributed by atoms with Gasteiger partial charge in [0.05, 0.1) is 0 Å². The van der Waals surface area contributed by atoms with E-state index in [9.17, 15) is 9.59 Å². The topological polar surface area (TPSA) is 55.8 Å². The van der Waals surface area contributed by atoms with Gasteiger partial charge < -0.3 is 14.4 Å². The number of carbonyl (C=O) groups excluding carboxylic acids is 2. The lowest BCUT2D eigenvalue weighted by atomic mass is 9.90. The SMILES string of the molecule is CCCCCCCCCCC(COC(=O)CCCCCC(CCCCC)CCCCC)OC(=O)CCCCCN(C)C. The Balaban J connectivity index is 4.39. The van der Waals surface area contributed by atoms with Crippen molar-refractivity contribution >= 4 is 11.9 Å². The summed E-state index contributed by atoms with van der Waals surface area (Å²) in [7, 11) is 4.15. The summed E-state index contributed by atoms with van der Waals surface area (Å²) in [6, 6.07) is 0. The highest BCUT2D eigenvalue weighted by Crippen LogP contribution is 2.24. The molecule has 0 heterocycles. The maximum atomic E-state index is 12.5. The van der Waals surface area contributed by atoms with Crippen LogP contribution >= 0.6 is 0 Å². The Morgan fingerprint density at radius 1 is 0.524 bits per heavy atom. The molecule has 0 aromatic carbocycles. The van der Waals surface area contributed by atoms with E-state index in [0.717, 1.165) is 63.8 Å². The first-order valence-corrected chi connectivity index (χ1v) is 18.4. The Hall–Kier alpha value is -1.10. The van der Waals surface area contributed by atoms with Crippen LogP contribution in [0.25, 0.3) is 0 Å². The van der Waals surface area contributed by atoms with Gasteiger partial charge in [-0.15, -0.1) is 0 Å². The molecule has 0 N–H and O–H groups in total. The first-order chi connectivity index (χ1) is 20.4. The predicted octanol–water partition coefficient (Wildman–Crippen LogP) is 10.8. The third-order valence-corrected chi connectivity index (χ3v) is 8.52. The van der Waals surface area contributed by atoms with Gasteiger partial charge in [-0.2, -0.15) is 0 Å². The zero-order valence-corrected chi connectivity index (χ0v) is 29.0. The van der Waals surface area contributed by atoms with E-state index in [1.807, 2.05) is 0 Å². The van der Waals surface area contributed by atoms with Crippen LogP contribution < -0.4 is 0 Å². The maximum Gasteiger partial charge on any atom is 0.306 e. The fourth-order valence-electron chi connectivity index (χ4n) is 5.74. The van der Waals surface area contributed by atoms with Gasteiger partial charge in [0, 0.05) is 12.8 Å². The highest BCUT2D eigenvalue weighted by atomic mass is 16.6. The normalized spacial score (nSPS) is 12.3. The molecule has 1 atom stereocenters. The highest BCUT2D eigenvalue weighted by Gasteiger charge is 2.17. The smallest absolute Gasteiger partial charge is 0.306 e. The quantitative estimate of drug-likeness (QED) is 0.0572. The molecule has 0 fully saturated rings. The molecule has 0 aliphatic rings. The van der Waals surface area contributed by atoms with Crippen LogP contribution in [0.3, 0.4) is 0 Å². The lowest BCUT2D eigenvalue weighted by Gasteiger charge is -2.18. The molecule has 0 bridgehead atoms. The van der Waals surface area contributed by atoms with Crippen LogP contribution in [-0.4, -0.2) is 50.2 Å². The summed E-state index contributed by atoms with van der Waals surface area (Å²) in [6.07, 6.45) is 29.6. The molecule has 0 rings (SSSR count). The van der Waals surface area contributed by atoms with E-state index < -0.39 is 0 Å². The Labute approximate surface area is 262 Å². The van der Waals surface area contributed by atoms with E-state index >= 15 is 0 Å². The molecule has 5 nitrogen and oxygen atoms in total. The Morgan fingerprint density at radius 3 is 1.52 bits per heavy atom. The second kappa shape index (κ2) is 31.3. The lowest BCUT2D eigenvalue weighted by molar-refractivity contribution is -0.159. The molecule has 1 unspecified atom stereocenters.